The molecule has 0 aliphatic rings. The first-order valence-corrected chi connectivity index (χ1v) is 6.46. The number of nitrogens with one attached hydrogen (secondary N) is 2. The predicted molar refractivity (Wildman–Crippen MR) is 77.8 cm³/mol. The third kappa shape index (κ3) is 3.12. The second-order valence-electron chi connectivity index (χ2n) is 3.68. The number of carbonyl (C=O) groups excluding carboxylic acids is 1. The van der Waals surface area contributed by atoms with Gasteiger partial charge in [-0.2, -0.15) is 0 Å². The number of amides is 1. The fourth-order valence-corrected chi connectivity index (χ4v) is 1.99. The molecule has 0 saturated heterocycles. The third-order valence-electron chi connectivity index (χ3n) is 2.35. The van der Waals surface area contributed by atoms with Gasteiger partial charge in [0.25, 0.3) is 0 Å². The van der Waals surface area contributed by atoms with Crippen LogP contribution in [0.15, 0.2) is 18.3 Å². The number of aromatic nitrogens is 2. The molecule has 100 valence electrons. The molecule has 0 unspecified atom stereocenters. The van der Waals surface area contributed by atoms with Crippen molar-refractivity contribution in [1.29, 1.82) is 0 Å². The van der Waals surface area contributed by atoms with Crippen LogP contribution < -0.4 is 11.1 Å². The zero-order chi connectivity index (χ0) is 14.0. The van der Waals surface area contributed by atoms with Gasteiger partial charge in [-0.3, -0.25) is 10.1 Å². The van der Waals surface area contributed by atoms with Crippen LogP contribution in [0, 0.1) is 0 Å². The highest BCUT2D eigenvalue weighted by Crippen LogP contribution is 2.33. The molecule has 4 N–H and O–H groups in total. The molecular weight excluding hydrogens is 311 g/mol. The fourth-order valence-electron chi connectivity index (χ4n) is 1.44. The zero-order valence-corrected chi connectivity index (χ0v) is 11.8. The highest BCUT2D eigenvalue weighted by atomic mass is 35.5. The number of carbonyl (C=O) groups is 1. The first-order chi connectivity index (χ1) is 9.01. The minimum atomic E-state index is -0.351. The van der Waals surface area contributed by atoms with Crippen molar-refractivity contribution < 1.29 is 4.79 Å². The van der Waals surface area contributed by atoms with Crippen LogP contribution in [0.1, 0.15) is 0 Å². The molecule has 19 heavy (non-hydrogen) atoms. The molecule has 2 rings (SSSR count). The van der Waals surface area contributed by atoms with Gasteiger partial charge in [0.2, 0.25) is 11.9 Å². The lowest BCUT2D eigenvalue weighted by Gasteiger charge is -2.04. The van der Waals surface area contributed by atoms with E-state index >= 15 is 0 Å². The number of nitrogens with two attached hydrogens (primary N) is 1. The Morgan fingerprint density at radius 3 is 2.58 bits per heavy atom. The van der Waals surface area contributed by atoms with Gasteiger partial charge in [0, 0.05) is 5.56 Å². The lowest BCUT2D eigenvalue weighted by atomic mass is 10.1. The van der Waals surface area contributed by atoms with Gasteiger partial charge in [-0.05, 0) is 12.1 Å². The van der Waals surface area contributed by atoms with Gasteiger partial charge >= 0.3 is 0 Å². The van der Waals surface area contributed by atoms with E-state index in [0.717, 1.165) is 0 Å². The second-order valence-corrected chi connectivity index (χ2v) is 4.76. The summed E-state index contributed by atoms with van der Waals surface area (Å²) in [6.07, 6.45) is 1.54. The quantitative estimate of drug-likeness (QED) is 0.600. The van der Waals surface area contributed by atoms with Crippen molar-refractivity contribution >= 4 is 52.3 Å². The fraction of sp³-hybridized carbons (Fsp3) is 0.0909. The number of nitrogens with zero attached hydrogens (tertiary/aromatic N) is 1. The highest BCUT2D eigenvalue weighted by molar-refractivity contribution is 6.39. The summed E-state index contributed by atoms with van der Waals surface area (Å²) >= 11 is 17.3. The number of benzene rings is 1. The van der Waals surface area contributed by atoms with Crippen LogP contribution in [-0.4, -0.2) is 21.8 Å². The van der Waals surface area contributed by atoms with Crippen molar-refractivity contribution in [2.24, 2.45) is 0 Å². The maximum Gasteiger partial charge on any atom is 0.241 e. The molecule has 0 bridgehead atoms. The average Bonchev–Trinajstić information content (AvgIpc) is 2.83. The molecule has 0 saturated carbocycles. The third-order valence-corrected chi connectivity index (χ3v) is 3.21. The number of halogens is 3. The molecule has 1 amide bonds. The number of hydrogen-bond donors (Lipinski definition) is 3. The SMILES string of the molecule is Nc1c(Cl)cc(-c2cnc(NC(=O)CCl)[nH]2)cc1Cl. The Hall–Kier alpha value is -1.43. The Kier molecular flexibility index (Phi) is 4.19. The van der Waals surface area contributed by atoms with Crippen molar-refractivity contribution in [1.82, 2.24) is 9.97 Å². The van der Waals surface area contributed by atoms with Crippen LogP contribution in [-0.2, 0) is 4.79 Å². The van der Waals surface area contributed by atoms with Gasteiger partial charge in [0.15, 0.2) is 0 Å². The van der Waals surface area contributed by atoms with E-state index in [1.807, 2.05) is 0 Å². The molecule has 0 radical (unpaired) electrons. The Bertz CT molecular complexity index is 603. The minimum absolute atomic E-state index is 0.143. The molecule has 0 aliphatic carbocycles. The van der Waals surface area contributed by atoms with E-state index in [1.54, 1.807) is 18.3 Å². The molecule has 1 aromatic carbocycles. The van der Waals surface area contributed by atoms with Crippen molar-refractivity contribution in [3.8, 4) is 11.3 Å². The summed E-state index contributed by atoms with van der Waals surface area (Å²) < 4.78 is 0. The molecule has 0 atom stereocenters. The largest absolute Gasteiger partial charge is 0.396 e. The first-order valence-electron chi connectivity index (χ1n) is 5.17. The van der Waals surface area contributed by atoms with Gasteiger partial charge in [0.1, 0.15) is 5.88 Å². The summed E-state index contributed by atoms with van der Waals surface area (Å²) in [7, 11) is 0. The van der Waals surface area contributed by atoms with Crippen LogP contribution in [0.5, 0.6) is 0 Å². The zero-order valence-electron chi connectivity index (χ0n) is 9.51. The van der Waals surface area contributed by atoms with Crippen molar-refractivity contribution in [3.05, 3.63) is 28.4 Å². The van der Waals surface area contributed by atoms with Gasteiger partial charge in [-0.1, -0.05) is 23.2 Å². The first kappa shape index (κ1) is 14.0. The molecule has 0 aliphatic heterocycles. The summed E-state index contributed by atoms with van der Waals surface area (Å²) in [4.78, 5) is 18.0. The Morgan fingerprint density at radius 1 is 1.37 bits per heavy atom. The molecule has 8 heteroatoms. The average molecular weight is 320 g/mol. The van der Waals surface area contributed by atoms with Crippen LogP contribution in [0.4, 0.5) is 11.6 Å². The summed E-state index contributed by atoms with van der Waals surface area (Å²) in [5.41, 5.74) is 7.34. The van der Waals surface area contributed by atoms with Crippen LogP contribution in [0.25, 0.3) is 11.3 Å². The number of anilines is 2. The van der Waals surface area contributed by atoms with E-state index in [0.29, 0.717) is 32.9 Å². The smallest absolute Gasteiger partial charge is 0.241 e. The number of imidazole rings is 1. The van der Waals surface area contributed by atoms with E-state index in [-0.39, 0.29) is 11.8 Å². The van der Waals surface area contributed by atoms with Gasteiger partial charge in [-0.15, -0.1) is 11.6 Å². The topological polar surface area (TPSA) is 83.8 Å². The normalized spacial score (nSPS) is 10.5. The summed E-state index contributed by atoms with van der Waals surface area (Å²) in [5, 5.41) is 3.19. The molecule has 2 aromatic rings. The summed E-state index contributed by atoms with van der Waals surface area (Å²) in [6.45, 7) is 0. The van der Waals surface area contributed by atoms with Crippen molar-refractivity contribution in [3.63, 3.8) is 0 Å². The molecule has 1 heterocycles. The molecule has 0 spiro atoms. The monoisotopic (exact) mass is 318 g/mol. The summed E-state index contributed by atoms with van der Waals surface area (Å²) in [5.74, 6) is -0.198. The van der Waals surface area contributed by atoms with E-state index in [4.69, 9.17) is 40.5 Å². The number of H-pyrrole nitrogens is 1. The Labute approximate surface area is 124 Å². The van der Waals surface area contributed by atoms with Crippen molar-refractivity contribution in [2.75, 3.05) is 16.9 Å². The maximum absolute atomic E-state index is 11.1. The molecular formula is C11H9Cl3N4O. The highest BCUT2D eigenvalue weighted by Gasteiger charge is 2.10. The van der Waals surface area contributed by atoms with Crippen LogP contribution in [0.2, 0.25) is 10.0 Å². The van der Waals surface area contributed by atoms with Crippen molar-refractivity contribution in [2.45, 2.75) is 0 Å². The van der Waals surface area contributed by atoms with E-state index in [9.17, 15) is 4.79 Å². The standard InChI is InChI=1S/C11H9Cl3N4O/c12-3-9(19)18-11-16-4-8(17-11)5-1-6(13)10(15)7(14)2-5/h1-2,4H,3,15H2,(H2,16,17,18,19). The van der Waals surface area contributed by atoms with Crippen LogP contribution in [0.3, 0.4) is 0 Å². The van der Waals surface area contributed by atoms with E-state index < -0.39 is 0 Å². The molecule has 5 nitrogen and oxygen atoms in total. The maximum atomic E-state index is 11.1. The number of aromatic amines is 1. The number of nitrogen functional groups attached to an aromatic ring is 1. The lowest BCUT2D eigenvalue weighted by molar-refractivity contribution is -0.114. The Morgan fingerprint density at radius 2 is 2.00 bits per heavy atom. The van der Waals surface area contributed by atoms with Crippen LogP contribution >= 0.6 is 34.8 Å². The predicted octanol–water partition coefficient (Wildman–Crippen LogP) is 3.14. The number of rotatable bonds is 3. The van der Waals surface area contributed by atoms with Gasteiger partial charge in [0.05, 0.1) is 27.6 Å². The number of alkyl halides is 1. The molecule has 0 fully saturated rings. The van der Waals surface area contributed by atoms with Gasteiger partial charge < -0.3 is 10.7 Å². The van der Waals surface area contributed by atoms with E-state index in [1.165, 1.54) is 0 Å². The summed E-state index contributed by atoms with van der Waals surface area (Å²) in [6, 6.07) is 3.31. The second kappa shape index (κ2) is 5.69. The Balaban J connectivity index is 2.30. The lowest BCUT2D eigenvalue weighted by Crippen LogP contribution is -2.13. The molecule has 1 aromatic heterocycles. The van der Waals surface area contributed by atoms with E-state index in [2.05, 4.69) is 15.3 Å². The number of hydrogen-bond acceptors (Lipinski definition) is 3. The minimum Gasteiger partial charge on any atom is -0.396 e. The van der Waals surface area contributed by atoms with Gasteiger partial charge in [-0.25, -0.2) is 4.98 Å².